The largest absolute Gasteiger partial charge is 0.483 e. The number of carbonyl (C=O) groups excluding carboxylic acids is 1. The van der Waals surface area contributed by atoms with Crippen molar-refractivity contribution in [1.29, 1.82) is 0 Å². The summed E-state index contributed by atoms with van der Waals surface area (Å²) in [6, 6.07) is 12.5. The normalized spacial score (nSPS) is 11.9. The van der Waals surface area contributed by atoms with Crippen LogP contribution in [-0.2, 0) is 20.2 Å². The first kappa shape index (κ1) is 22.9. The molecule has 0 aliphatic carbocycles. The van der Waals surface area contributed by atoms with Crippen molar-refractivity contribution in [2.75, 3.05) is 19.7 Å². The smallest absolute Gasteiger partial charge is 0.257 e. The van der Waals surface area contributed by atoms with Crippen LogP contribution in [0.3, 0.4) is 0 Å². The third-order valence-electron chi connectivity index (χ3n) is 4.37. The van der Waals surface area contributed by atoms with Gasteiger partial charge in [0.25, 0.3) is 5.91 Å². The second kappa shape index (κ2) is 9.41. The van der Waals surface area contributed by atoms with E-state index in [-0.39, 0.29) is 35.9 Å². The molecule has 29 heavy (non-hydrogen) atoms. The Hall–Kier alpha value is -2.38. The van der Waals surface area contributed by atoms with Gasteiger partial charge in [-0.15, -0.1) is 0 Å². The van der Waals surface area contributed by atoms with E-state index < -0.39 is 10.0 Å². The summed E-state index contributed by atoms with van der Waals surface area (Å²) in [5.74, 6) is 0.373. The molecule has 0 aliphatic heterocycles. The van der Waals surface area contributed by atoms with Crippen molar-refractivity contribution in [3.63, 3.8) is 0 Å². The standard InChI is InChI=1S/C22H30N2O4S/c1-16-6-9-18(10-7-16)29(26,27)24-13-12-23-21(25)15-28-20-11-8-17(2)14-19(20)22(3,4)5/h6-11,14,24H,12-13,15H2,1-5H3,(H,23,25). The molecule has 2 aromatic carbocycles. The van der Waals surface area contributed by atoms with Crippen LogP contribution in [-0.4, -0.2) is 34.0 Å². The maximum atomic E-state index is 12.2. The molecule has 0 radical (unpaired) electrons. The predicted octanol–water partition coefficient (Wildman–Crippen LogP) is 3.07. The number of amides is 1. The quantitative estimate of drug-likeness (QED) is 0.645. The lowest BCUT2D eigenvalue weighted by Gasteiger charge is -2.23. The van der Waals surface area contributed by atoms with Crippen LogP contribution in [0.25, 0.3) is 0 Å². The fraction of sp³-hybridized carbons (Fsp3) is 0.409. The monoisotopic (exact) mass is 418 g/mol. The number of sulfonamides is 1. The molecule has 1 amide bonds. The molecule has 0 unspecified atom stereocenters. The molecular formula is C22H30N2O4S. The van der Waals surface area contributed by atoms with Crippen LogP contribution in [0.2, 0.25) is 0 Å². The molecular weight excluding hydrogens is 388 g/mol. The molecule has 0 saturated heterocycles. The van der Waals surface area contributed by atoms with Crippen molar-refractivity contribution in [3.05, 3.63) is 59.2 Å². The van der Waals surface area contributed by atoms with Gasteiger partial charge in [-0.1, -0.05) is 56.2 Å². The van der Waals surface area contributed by atoms with Crippen molar-refractivity contribution in [2.24, 2.45) is 0 Å². The van der Waals surface area contributed by atoms with Crippen molar-refractivity contribution in [2.45, 2.75) is 44.9 Å². The second-order valence-electron chi connectivity index (χ2n) is 8.10. The van der Waals surface area contributed by atoms with Crippen LogP contribution in [0.5, 0.6) is 5.75 Å². The van der Waals surface area contributed by atoms with Gasteiger partial charge in [-0.05, 0) is 43.0 Å². The molecule has 0 saturated carbocycles. The lowest BCUT2D eigenvalue weighted by molar-refractivity contribution is -0.123. The molecule has 0 bridgehead atoms. The third kappa shape index (κ3) is 6.87. The molecule has 158 valence electrons. The number of aryl methyl sites for hydroxylation is 2. The van der Waals surface area contributed by atoms with Crippen LogP contribution in [0, 0.1) is 13.8 Å². The van der Waals surface area contributed by atoms with Gasteiger partial charge in [-0.25, -0.2) is 13.1 Å². The number of hydrogen-bond donors (Lipinski definition) is 2. The van der Waals surface area contributed by atoms with E-state index >= 15 is 0 Å². The summed E-state index contributed by atoms with van der Waals surface area (Å²) in [5.41, 5.74) is 3.05. The Morgan fingerprint density at radius 1 is 0.966 bits per heavy atom. The van der Waals surface area contributed by atoms with E-state index in [4.69, 9.17) is 4.74 Å². The van der Waals surface area contributed by atoms with E-state index in [2.05, 4.69) is 36.9 Å². The highest BCUT2D eigenvalue weighted by atomic mass is 32.2. The molecule has 0 spiro atoms. The summed E-state index contributed by atoms with van der Waals surface area (Å²) in [5, 5.41) is 2.66. The van der Waals surface area contributed by atoms with Crippen LogP contribution >= 0.6 is 0 Å². The van der Waals surface area contributed by atoms with Gasteiger partial charge in [0.1, 0.15) is 5.75 Å². The summed E-state index contributed by atoms with van der Waals surface area (Å²) in [7, 11) is -3.59. The number of nitrogens with one attached hydrogen (secondary N) is 2. The third-order valence-corrected chi connectivity index (χ3v) is 5.85. The highest BCUT2D eigenvalue weighted by molar-refractivity contribution is 7.89. The lowest BCUT2D eigenvalue weighted by Crippen LogP contribution is -2.36. The Morgan fingerprint density at radius 2 is 1.59 bits per heavy atom. The minimum absolute atomic E-state index is 0.0969. The predicted molar refractivity (Wildman–Crippen MR) is 115 cm³/mol. The first-order valence-corrected chi connectivity index (χ1v) is 11.0. The van der Waals surface area contributed by atoms with E-state index in [1.807, 2.05) is 26.0 Å². The molecule has 2 rings (SSSR count). The first-order valence-electron chi connectivity index (χ1n) is 9.56. The van der Waals surface area contributed by atoms with Crippen LogP contribution < -0.4 is 14.8 Å². The van der Waals surface area contributed by atoms with Crippen molar-refractivity contribution in [1.82, 2.24) is 10.0 Å². The topological polar surface area (TPSA) is 84.5 Å². The molecule has 0 atom stereocenters. The SMILES string of the molecule is Cc1ccc(S(=O)(=O)NCCNC(=O)COc2ccc(C)cc2C(C)(C)C)cc1. The molecule has 6 nitrogen and oxygen atoms in total. The van der Waals surface area contributed by atoms with E-state index in [9.17, 15) is 13.2 Å². The summed E-state index contributed by atoms with van der Waals surface area (Å²) >= 11 is 0. The number of carbonyl (C=O) groups is 1. The Kier molecular flexibility index (Phi) is 7.43. The number of hydrogen-bond acceptors (Lipinski definition) is 4. The number of benzene rings is 2. The number of ether oxygens (including phenoxy) is 1. The van der Waals surface area contributed by atoms with Crippen LogP contribution in [0.15, 0.2) is 47.4 Å². The van der Waals surface area contributed by atoms with E-state index in [1.54, 1.807) is 24.3 Å². The highest BCUT2D eigenvalue weighted by Gasteiger charge is 2.19. The summed E-state index contributed by atoms with van der Waals surface area (Å²) < 4.78 is 32.6. The summed E-state index contributed by atoms with van der Waals surface area (Å²) in [6.45, 7) is 10.3. The second-order valence-corrected chi connectivity index (χ2v) is 9.87. The molecule has 0 heterocycles. The maximum Gasteiger partial charge on any atom is 0.257 e. The van der Waals surface area contributed by atoms with Crippen molar-refractivity contribution < 1.29 is 17.9 Å². The van der Waals surface area contributed by atoms with E-state index in [0.717, 1.165) is 16.7 Å². The Balaban J connectivity index is 1.82. The molecule has 0 aromatic heterocycles. The molecule has 7 heteroatoms. The van der Waals surface area contributed by atoms with Gasteiger partial charge in [-0.3, -0.25) is 4.79 Å². The molecule has 0 fully saturated rings. The van der Waals surface area contributed by atoms with Gasteiger partial charge >= 0.3 is 0 Å². The Morgan fingerprint density at radius 3 is 2.21 bits per heavy atom. The first-order chi connectivity index (χ1) is 13.5. The minimum atomic E-state index is -3.59. The summed E-state index contributed by atoms with van der Waals surface area (Å²) in [4.78, 5) is 12.3. The zero-order valence-corrected chi connectivity index (χ0v) is 18.5. The average molecular weight is 419 g/mol. The van der Waals surface area contributed by atoms with Crippen molar-refractivity contribution >= 4 is 15.9 Å². The van der Waals surface area contributed by atoms with Gasteiger partial charge < -0.3 is 10.1 Å². The average Bonchev–Trinajstić information content (AvgIpc) is 2.64. The number of rotatable bonds is 8. The fourth-order valence-electron chi connectivity index (χ4n) is 2.74. The molecule has 0 aliphatic rings. The van der Waals surface area contributed by atoms with Crippen LogP contribution in [0.1, 0.15) is 37.5 Å². The summed E-state index contributed by atoms with van der Waals surface area (Å²) in [6.07, 6.45) is 0. The van der Waals surface area contributed by atoms with Crippen LogP contribution in [0.4, 0.5) is 0 Å². The van der Waals surface area contributed by atoms with E-state index in [1.165, 1.54) is 0 Å². The Bertz CT molecular complexity index is 946. The lowest BCUT2D eigenvalue weighted by atomic mass is 9.85. The van der Waals surface area contributed by atoms with E-state index in [0.29, 0.717) is 5.75 Å². The maximum absolute atomic E-state index is 12.2. The Labute approximate surface area is 173 Å². The van der Waals surface area contributed by atoms with Gasteiger partial charge in [0.05, 0.1) is 4.90 Å². The zero-order chi connectivity index (χ0) is 21.7. The molecule has 2 aromatic rings. The van der Waals surface area contributed by atoms with Gasteiger partial charge in [-0.2, -0.15) is 0 Å². The van der Waals surface area contributed by atoms with Gasteiger partial charge in [0.2, 0.25) is 10.0 Å². The fourth-order valence-corrected chi connectivity index (χ4v) is 3.77. The van der Waals surface area contributed by atoms with Crippen molar-refractivity contribution in [3.8, 4) is 5.75 Å². The van der Waals surface area contributed by atoms with Gasteiger partial charge in [0.15, 0.2) is 6.61 Å². The minimum Gasteiger partial charge on any atom is -0.483 e. The molecule has 2 N–H and O–H groups in total. The highest BCUT2D eigenvalue weighted by Crippen LogP contribution is 2.32. The zero-order valence-electron chi connectivity index (χ0n) is 17.7. The van der Waals surface area contributed by atoms with Gasteiger partial charge in [0, 0.05) is 13.1 Å².